The van der Waals surface area contributed by atoms with Gasteiger partial charge in [0.15, 0.2) is 6.29 Å². The van der Waals surface area contributed by atoms with Gasteiger partial charge in [-0.1, -0.05) is 19.3 Å². The quantitative estimate of drug-likeness (QED) is 0.740. The minimum atomic E-state index is 0.476. The van der Waals surface area contributed by atoms with Gasteiger partial charge in [-0.05, 0) is 12.8 Å². The molecular weight excluding hydrogens is 220 g/mol. The summed E-state index contributed by atoms with van der Waals surface area (Å²) in [5.74, 6) is 1.95. The van der Waals surface area contributed by atoms with E-state index in [1.165, 1.54) is 37.7 Å². The molecule has 0 aromatic carbocycles. The van der Waals surface area contributed by atoms with Gasteiger partial charge in [0.2, 0.25) is 0 Å². The third-order valence-corrected chi connectivity index (χ3v) is 4.62. The summed E-state index contributed by atoms with van der Waals surface area (Å²) in [7, 11) is 0. The van der Waals surface area contributed by atoms with Crippen LogP contribution in [0.5, 0.6) is 0 Å². The zero-order chi connectivity index (χ0) is 11.0. The molecule has 0 amide bonds. The first-order chi connectivity index (χ1) is 7.90. The number of aromatic nitrogens is 2. The third kappa shape index (κ3) is 1.59. The van der Waals surface area contributed by atoms with Crippen LogP contribution in [0.1, 0.15) is 59.9 Å². The van der Waals surface area contributed by atoms with E-state index in [1.807, 2.05) is 16.4 Å². The highest BCUT2D eigenvalue weighted by atomic mass is 32.2. The van der Waals surface area contributed by atoms with Crippen molar-refractivity contribution in [3.63, 3.8) is 0 Å². The molecule has 0 N–H and O–H groups in total. The number of hydrogen-bond acceptors (Lipinski definition) is 3. The van der Waals surface area contributed by atoms with E-state index in [0.29, 0.717) is 6.04 Å². The van der Waals surface area contributed by atoms with Crippen LogP contribution in [0, 0.1) is 0 Å². The summed E-state index contributed by atoms with van der Waals surface area (Å²) in [6.07, 6.45) is 7.28. The first-order valence-electron chi connectivity index (χ1n) is 6.03. The summed E-state index contributed by atoms with van der Waals surface area (Å²) in [6, 6.07) is 0.476. The highest BCUT2D eigenvalue weighted by Gasteiger charge is 2.26. The summed E-state index contributed by atoms with van der Waals surface area (Å²) in [4.78, 5) is 11.2. The van der Waals surface area contributed by atoms with Crippen molar-refractivity contribution in [1.29, 1.82) is 0 Å². The van der Waals surface area contributed by atoms with Crippen LogP contribution in [-0.4, -0.2) is 16.1 Å². The lowest BCUT2D eigenvalue weighted by molar-refractivity contribution is 0.110. The number of carbonyl (C=O) groups excluding carboxylic acids is 1. The van der Waals surface area contributed by atoms with Crippen molar-refractivity contribution in [2.75, 3.05) is 0 Å². The Morgan fingerprint density at radius 3 is 2.81 bits per heavy atom. The lowest BCUT2D eigenvalue weighted by Gasteiger charge is -2.23. The number of carbonyl (C=O) groups is 1. The van der Waals surface area contributed by atoms with Gasteiger partial charge in [0, 0.05) is 17.1 Å². The van der Waals surface area contributed by atoms with Gasteiger partial charge in [-0.25, -0.2) is 0 Å². The van der Waals surface area contributed by atoms with Crippen molar-refractivity contribution < 1.29 is 4.79 Å². The summed E-state index contributed by atoms with van der Waals surface area (Å²) in [5.41, 5.74) is 3.20. The minimum absolute atomic E-state index is 0.476. The summed E-state index contributed by atoms with van der Waals surface area (Å²) in [5, 5.41) is 4.65. The molecule has 86 valence electrons. The SMILES string of the molecule is O=Cc1c2c(nn1C1CCCCC1)CSC2. The average molecular weight is 236 g/mol. The largest absolute Gasteiger partial charge is 0.296 e. The molecule has 0 saturated heterocycles. The average Bonchev–Trinajstić information content (AvgIpc) is 2.89. The summed E-state index contributed by atoms with van der Waals surface area (Å²) in [6.45, 7) is 0. The molecule has 1 aromatic heterocycles. The normalized spacial score (nSPS) is 21.0. The topological polar surface area (TPSA) is 34.9 Å². The number of thioether (sulfide) groups is 1. The minimum Gasteiger partial charge on any atom is -0.296 e. The van der Waals surface area contributed by atoms with E-state index in [-0.39, 0.29) is 0 Å². The molecule has 2 heterocycles. The molecule has 16 heavy (non-hydrogen) atoms. The molecule has 0 radical (unpaired) electrons. The van der Waals surface area contributed by atoms with Crippen LogP contribution < -0.4 is 0 Å². The standard InChI is InChI=1S/C12H16N2OS/c15-6-12-10-7-16-8-11(10)13-14(12)9-4-2-1-3-5-9/h6,9H,1-5,7-8H2. The van der Waals surface area contributed by atoms with Gasteiger partial charge in [-0.15, -0.1) is 0 Å². The van der Waals surface area contributed by atoms with Gasteiger partial charge in [-0.3, -0.25) is 9.48 Å². The van der Waals surface area contributed by atoms with E-state index in [1.54, 1.807) is 0 Å². The lowest BCUT2D eigenvalue weighted by atomic mass is 9.95. The van der Waals surface area contributed by atoms with E-state index in [0.717, 1.165) is 29.2 Å². The molecule has 0 unspecified atom stereocenters. The van der Waals surface area contributed by atoms with Gasteiger partial charge in [0.25, 0.3) is 0 Å². The van der Waals surface area contributed by atoms with E-state index >= 15 is 0 Å². The lowest BCUT2D eigenvalue weighted by Crippen LogP contribution is -2.17. The van der Waals surface area contributed by atoms with Crippen LogP contribution in [0.2, 0.25) is 0 Å². The molecule has 1 aliphatic heterocycles. The Morgan fingerprint density at radius 1 is 1.25 bits per heavy atom. The Balaban J connectivity index is 1.96. The van der Waals surface area contributed by atoms with Crippen molar-refractivity contribution in [2.24, 2.45) is 0 Å². The zero-order valence-corrected chi connectivity index (χ0v) is 10.1. The molecule has 3 nitrogen and oxygen atoms in total. The number of nitrogens with zero attached hydrogens (tertiary/aromatic N) is 2. The van der Waals surface area contributed by atoms with Crippen LogP contribution in [0.3, 0.4) is 0 Å². The Kier molecular flexibility index (Phi) is 2.75. The molecule has 1 fully saturated rings. The number of aldehydes is 1. The second-order valence-corrected chi connectivity index (χ2v) is 5.64. The molecule has 1 saturated carbocycles. The molecule has 0 bridgehead atoms. The predicted molar refractivity (Wildman–Crippen MR) is 64.7 cm³/mol. The molecule has 0 spiro atoms. The van der Waals surface area contributed by atoms with Crippen molar-refractivity contribution in [3.8, 4) is 0 Å². The van der Waals surface area contributed by atoms with Crippen LogP contribution >= 0.6 is 11.8 Å². The Hall–Kier alpha value is -0.770. The molecule has 1 aliphatic carbocycles. The molecule has 4 heteroatoms. The van der Waals surface area contributed by atoms with E-state index < -0.39 is 0 Å². The maximum Gasteiger partial charge on any atom is 0.168 e. The summed E-state index contributed by atoms with van der Waals surface area (Å²) >= 11 is 1.86. The maximum atomic E-state index is 11.2. The van der Waals surface area contributed by atoms with Gasteiger partial charge in [0.1, 0.15) is 5.69 Å². The highest BCUT2D eigenvalue weighted by Crippen LogP contribution is 2.35. The Bertz CT molecular complexity index is 407. The van der Waals surface area contributed by atoms with Crippen LogP contribution in [-0.2, 0) is 11.5 Å². The van der Waals surface area contributed by atoms with Gasteiger partial charge in [-0.2, -0.15) is 16.9 Å². The van der Waals surface area contributed by atoms with Crippen molar-refractivity contribution in [3.05, 3.63) is 17.0 Å². The van der Waals surface area contributed by atoms with Gasteiger partial charge in [0.05, 0.1) is 11.7 Å². The van der Waals surface area contributed by atoms with Crippen LogP contribution in [0.4, 0.5) is 0 Å². The van der Waals surface area contributed by atoms with Crippen molar-refractivity contribution >= 4 is 18.0 Å². The molecular formula is C12H16N2OS. The summed E-state index contributed by atoms with van der Waals surface area (Å²) < 4.78 is 2.02. The maximum absolute atomic E-state index is 11.2. The molecule has 2 aliphatic rings. The predicted octanol–water partition coefficient (Wildman–Crippen LogP) is 2.95. The fourth-order valence-electron chi connectivity index (χ4n) is 2.78. The molecule has 1 aromatic rings. The Labute approximate surface area is 99.6 Å². The molecule has 0 atom stereocenters. The van der Waals surface area contributed by atoms with E-state index in [9.17, 15) is 4.79 Å². The van der Waals surface area contributed by atoms with Gasteiger partial charge < -0.3 is 0 Å². The highest BCUT2D eigenvalue weighted by molar-refractivity contribution is 7.98. The zero-order valence-electron chi connectivity index (χ0n) is 9.32. The Morgan fingerprint density at radius 2 is 2.06 bits per heavy atom. The number of hydrogen-bond donors (Lipinski definition) is 0. The van der Waals surface area contributed by atoms with Crippen molar-refractivity contribution in [2.45, 2.75) is 49.7 Å². The first-order valence-corrected chi connectivity index (χ1v) is 7.19. The second-order valence-electron chi connectivity index (χ2n) is 4.66. The van der Waals surface area contributed by atoms with E-state index in [4.69, 9.17) is 0 Å². The van der Waals surface area contributed by atoms with Crippen molar-refractivity contribution in [1.82, 2.24) is 9.78 Å². The smallest absolute Gasteiger partial charge is 0.168 e. The van der Waals surface area contributed by atoms with Gasteiger partial charge >= 0.3 is 0 Å². The monoisotopic (exact) mass is 236 g/mol. The van der Waals surface area contributed by atoms with Crippen LogP contribution in [0.25, 0.3) is 0 Å². The fourth-order valence-corrected chi connectivity index (χ4v) is 3.83. The van der Waals surface area contributed by atoms with Crippen LogP contribution in [0.15, 0.2) is 0 Å². The molecule has 3 rings (SSSR count). The second kappa shape index (κ2) is 4.24. The third-order valence-electron chi connectivity index (χ3n) is 3.65. The number of rotatable bonds is 2. The van der Waals surface area contributed by atoms with E-state index in [2.05, 4.69) is 5.10 Å². The first kappa shape index (κ1) is 10.4. The number of fused-ring (bicyclic) bond motifs is 1. The fraction of sp³-hybridized carbons (Fsp3) is 0.667.